The Balaban J connectivity index is 1.87. The van der Waals surface area contributed by atoms with E-state index in [0.717, 1.165) is 30.9 Å². The summed E-state index contributed by atoms with van der Waals surface area (Å²) < 4.78 is 5.15. The predicted octanol–water partition coefficient (Wildman–Crippen LogP) is 1.41. The monoisotopic (exact) mass is 246 g/mol. The minimum absolute atomic E-state index is 0.249. The van der Waals surface area contributed by atoms with Gasteiger partial charge in [0.15, 0.2) is 0 Å². The number of nitrogens with zero attached hydrogens (tertiary/aromatic N) is 1. The molecule has 2 heterocycles. The second-order valence-corrected chi connectivity index (χ2v) is 4.99. The molecular formula is C14H18N2O2. The summed E-state index contributed by atoms with van der Waals surface area (Å²) in [5, 5.41) is 3.38. The lowest BCUT2D eigenvalue weighted by molar-refractivity contribution is -0.117. The number of piperidine rings is 1. The second kappa shape index (κ2) is 4.61. The minimum atomic E-state index is 0.249. The average Bonchev–Trinajstić information content (AvgIpc) is 2.75. The van der Waals surface area contributed by atoms with Gasteiger partial charge in [0, 0.05) is 18.7 Å². The van der Waals surface area contributed by atoms with Gasteiger partial charge in [-0.3, -0.25) is 4.79 Å². The first-order chi connectivity index (χ1) is 8.79. The van der Waals surface area contributed by atoms with Crippen molar-refractivity contribution in [3.05, 3.63) is 24.3 Å². The molecule has 0 aromatic heterocycles. The molecule has 2 atom stereocenters. The van der Waals surface area contributed by atoms with Crippen molar-refractivity contribution in [1.82, 2.24) is 5.32 Å². The molecule has 96 valence electrons. The van der Waals surface area contributed by atoms with E-state index in [9.17, 15) is 4.79 Å². The first-order valence-electron chi connectivity index (χ1n) is 6.46. The zero-order valence-corrected chi connectivity index (χ0v) is 10.6. The minimum Gasteiger partial charge on any atom is -0.497 e. The molecule has 0 bridgehead atoms. The molecule has 3 rings (SSSR count). The van der Waals surface area contributed by atoms with Crippen molar-refractivity contribution in [3.63, 3.8) is 0 Å². The van der Waals surface area contributed by atoms with Crippen LogP contribution in [-0.4, -0.2) is 32.1 Å². The summed E-state index contributed by atoms with van der Waals surface area (Å²) in [6, 6.07) is 8.07. The number of nitrogens with one attached hydrogen (secondary N) is 1. The van der Waals surface area contributed by atoms with E-state index in [1.807, 2.05) is 29.2 Å². The Hall–Kier alpha value is -1.55. The highest BCUT2D eigenvalue weighted by Crippen LogP contribution is 2.34. The lowest BCUT2D eigenvalue weighted by Crippen LogP contribution is -2.46. The van der Waals surface area contributed by atoms with Crippen LogP contribution in [0.2, 0.25) is 0 Å². The molecule has 18 heavy (non-hydrogen) atoms. The number of rotatable bonds is 2. The van der Waals surface area contributed by atoms with Crippen LogP contribution in [0.25, 0.3) is 0 Å². The largest absolute Gasteiger partial charge is 0.497 e. The van der Waals surface area contributed by atoms with Gasteiger partial charge in [0.05, 0.1) is 13.2 Å². The third-order valence-corrected chi connectivity index (χ3v) is 3.98. The van der Waals surface area contributed by atoms with E-state index in [0.29, 0.717) is 18.4 Å². The molecule has 0 spiro atoms. The van der Waals surface area contributed by atoms with Crippen LogP contribution in [0.1, 0.15) is 12.8 Å². The molecule has 1 aromatic carbocycles. The van der Waals surface area contributed by atoms with E-state index in [-0.39, 0.29) is 5.91 Å². The first kappa shape index (κ1) is 11.5. The molecule has 0 aliphatic carbocycles. The fraction of sp³-hybridized carbons (Fsp3) is 0.500. The molecule has 0 radical (unpaired) electrons. The van der Waals surface area contributed by atoms with Crippen molar-refractivity contribution < 1.29 is 9.53 Å². The Morgan fingerprint density at radius 1 is 1.33 bits per heavy atom. The fourth-order valence-electron chi connectivity index (χ4n) is 3.02. The van der Waals surface area contributed by atoms with Crippen LogP contribution >= 0.6 is 0 Å². The highest BCUT2D eigenvalue weighted by atomic mass is 16.5. The van der Waals surface area contributed by atoms with Crippen molar-refractivity contribution in [1.29, 1.82) is 0 Å². The summed E-state index contributed by atoms with van der Waals surface area (Å²) in [4.78, 5) is 14.1. The number of carbonyl (C=O) groups is 1. The van der Waals surface area contributed by atoms with E-state index in [1.165, 1.54) is 0 Å². The van der Waals surface area contributed by atoms with Crippen molar-refractivity contribution in [2.45, 2.75) is 18.9 Å². The smallest absolute Gasteiger partial charge is 0.227 e. The Bertz CT molecular complexity index is 444. The van der Waals surface area contributed by atoms with Gasteiger partial charge in [-0.15, -0.1) is 0 Å². The lowest BCUT2D eigenvalue weighted by atomic mass is 9.93. The maximum atomic E-state index is 12.2. The van der Waals surface area contributed by atoms with Gasteiger partial charge in [0.1, 0.15) is 5.75 Å². The van der Waals surface area contributed by atoms with Crippen LogP contribution in [0, 0.1) is 5.92 Å². The normalized spacial score (nSPS) is 27.2. The van der Waals surface area contributed by atoms with Crippen LogP contribution < -0.4 is 15.0 Å². The predicted molar refractivity (Wildman–Crippen MR) is 69.9 cm³/mol. The maximum absolute atomic E-state index is 12.2. The molecule has 2 aliphatic rings. The second-order valence-electron chi connectivity index (χ2n) is 4.99. The van der Waals surface area contributed by atoms with Gasteiger partial charge in [-0.05, 0) is 43.1 Å². The quantitative estimate of drug-likeness (QED) is 0.858. The lowest BCUT2D eigenvalue weighted by Gasteiger charge is -2.32. The number of hydrogen-bond acceptors (Lipinski definition) is 3. The zero-order chi connectivity index (χ0) is 12.5. The van der Waals surface area contributed by atoms with E-state index < -0.39 is 0 Å². The number of carbonyl (C=O) groups excluding carboxylic acids is 1. The Labute approximate surface area is 107 Å². The van der Waals surface area contributed by atoms with Gasteiger partial charge in [-0.1, -0.05) is 0 Å². The van der Waals surface area contributed by atoms with Crippen molar-refractivity contribution in [2.24, 2.45) is 5.92 Å². The van der Waals surface area contributed by atoms with Crippen LogP contribution in [0.3, 0.4) is 0 Å². The molecule has 4 heteroatoms. The third-order valence-electron chi connectivity index (χ3n) is 3.98. The van der Waals surface area contributed by atoms with Gasteiger partial charge in [0.25, 0.3) is 0 Å². The number of ether oxygens (including phenoxy) is 1. The van der Waals surface area contributed by atoms with Crippen LogP contribution in [0.15, 0.2) is 24.3 Å². The van der Waals surface area contributed by atoms with Crippen molar-refractivity contribution in [2.75, 3.05) is 25.1 Å². The van der Waals surface area contributed by atoms with Gasteiger partial charge >= 0.3 is 0 Å². The Kier molecular flexibility index (Phi) is 2.96. The van der Waals surface area contributed by atoms with Crippen LogP contribution in [0.4, 0.5) is 5.69 Å². The van der Waals surface area contributed by atoms with Crippen molar-refractivity contribution >= 4 is 11.6 Å². The molecule has 2 saturated heterocycles. The molecule has 2 fully saturated rings. The third kappa shape index (κ3) is 1.86. The fourth-order valence-corrected chi connectivity index (χ4v) is 3.02. The number of fused-ring (bicyclic) bond motifs is 1. The summed E-state index contributed by atoms with van der Waals surface area (Å²) >= 11 is 0. The Morgan fingerprint density at radius 3 is 2.83 bits per heavy atom. The van der Waals surface area contributed by atoms with Gasteiger partial charge in [-0.25, -0.2) is 0 Å². The number of benzene rings is 1. The molecule has 2 unspecified atom stereocenters. The highest BCUT2D eigenvalue weighted by molar-refractivity contribution is 5.96. The number of amides is 1. The summed E-state index contributed by atoms with van der Waals surface area (Å²) in [5.41, 5.74) is 0.983. The average molecular weight is 246 g/mol. The van der Waals surface area contributed by atoms with Gasteiger partial charge in [0.2, 0.25) is 5.91 Å². The summed E-state index contributed by atoms with van der Waals surface area (Å²) in [6.45, 7) is 1.94. The van der Waals surface area contributed by atoms with Crippen LogP contribution in [-0.2, 0) is 4.79 Å². The zero-order valence-electron chi connectivity index (χ0n) is 10.6. The molecule has 1 aromatic rings. The number of anilines is 1. The molecule has 4 nitrogen and oxygen atoms in total. The summed E-state index contributed by atoms with van der Waals surface area (Å²) in [6.07, 6.45) is 1.79. The molecule has 2 aliphatic heterocycles. The first-order valence-corrected chi connectivity index (χ1v) is 6.46. The standard InChI is InChI=1S/C14H18N2O2/c1-18-12-4-2-11(3-5-12)16-13-9-15-7-6-10(13)8-14(16)17/h2-5,10,13,15H,6-9H2,1H3. The van der Waals surface area contributed by atoms with Gasteiger partial charge in [-0.2, -0.15) is 0 Å². The molecular weight excluding hydrogens is 228 g/mol. The SMILES string of the molecule is COc1ccc(N2C(=O)CC3CCNCC32)cc1. The topological polar surface area (TPSA) is 41.6 Å². The molecule has 1 N–H and O–H groups in total. The van der Waals surface area contributed by atoms with E-state index in [2.05, 4.69) is 5.32 Å². The van der Waals surface area contributed by atoms with E-state index >= 15 is 0 Å². The van der Waals surface area contributed by atoms with Crippen molar-refractivity contribution in [3.8, 4) is 5.75 Å². The maximum Gasteiger partial charge on any atom is 0.227 e. The molecule has 0 saturated carbocycles. The van der Waals surface area contributed by atoms with E-state index in [1.54, 1.807) is 7.11 Å². The van der Waals surface area contributed by atoms with E-state index in [4.69, 9.17) is 4.74 Å². The summed E-state index contributed by atoms with van der Waals surface area (Å²) in [5.74, 6) is 1.59. The summed E-state index contributed by atoms with van der Waals surface area (Å²) in [7, 11) is 1.65. The Morgan fingerprint density at radius 2 is 2.11 bits per heavy atom. The van der Waals surface area contributed by atoms with Gasteiger partial charge < -0.3 is 15.0 Å². The number of hydrogen-bond donors (Lipinski definition) is 1. The number of methoxy groups -OCH3 is 1. The highest BCUT2D eigenvalue weighted by Gasteiger charge is 2.41. The van der Waals surface area contributed by atoms with Crippen LogP contribution in [0.5, 0.6) is 5.75 Å². The molecule has 1 amide bonds.